The molecule has 0 saturated carbocycles. The van der Waals surface area contributed by atoms with Gasteiger partial charge in [-0.15, -0.1) is 0 Å². The minimum absolute atomic E-state index is 0.0141. The van der Waals surface area contributed by atoms with Gasteiger partial charge in [-0.3, -0.25) is 9.78 Å². The van der Waals surface area contributed by atoms with E-state index in [2.05, 4.69) is 20.1 Å². The van der Waals surface area contributed by atoms with Crippen molar-refractivity contribution >= 4 is 11.6 Å². The summed E-state index contributed by atoms with van der Waals surface area (Å²) in [5.41, 5.74) is 2.31. The van der Waals surface area contributed by atoms with Gasteiger partial charge in [-0.1, -0.05) is 5.16 Å². The molecule has 4 rings (SSSR count). The lowest BCUT2D eigenvalue weighted by Gasteiger charge is -2.37. The molecule has 0 atom stereocenters. The van der Waals surface area contributed by atoms with Crippen molar-refractivity contribution in [2.75, 3.05) is 32.1 Å². The van der Waals surface area contributed by atoms with Crippen LogP contribution in [0.1, 0.15) is 22.2 Å². The summed E-state index contributed by atoms with van der Waals surface area (Å²) in [6, 6.07) is 7.58. The maximum atomic E-state index is 12.5. The summed E-state index contributed by atoms with van der Waals surface area (Å²) in [5.74, 6) is 1.01. The van der Waals surface area contributed by atoms with Gasteiger partial charge >= 0.3 is 0 Å². The number of nitrogens with zero attached hydrogens (tertiary/aromatic N) is 6. The van der Waals surface area contributed by atoms with Gasteiger partial charge in [0.2, 0.25) is 11.7 Å². The molecular weight excluding hydrogens is 332 g/mol. The number of carbonyl (C=O) groups is 1. The molecule has 1 fully saturated rings. The molecule has 8 heteroatoms. The predicted molar refractivity (Wildman–Crippen MR) is 94.7 cm³/mol. The highest BCUT2D eigenvalue weighted by Gasteiger charge is 2.36. The van der Waals surface area contributed by atoms with Crippen molar-refractivity contribution < 1.29 is 9.32 Å². The van der Waals surface area contributed by atoms with Gasteiger partial charge in [0.1, 0.15) is 5.69 Å². The third kappa shape index (κ3) is 3.01. The highest BCUT2D eigenvalue weighted by atomic mass is 16.5. The zero-order valence-corrected chi connectivity index (χ0v) is 14.5. The number of hydrogen-bond acceptors (Lipinski definition) is 7. The van der Waals surface area contributed by atoms with Crippen LogP contribution in [0.4, 0.5) is 5.69 Å². The van der Waals surface area contributed by atoms with Crippen molar-refractivity contribution in [3.63, 3.8) is 0 Å². The molecule has 132 valence electrons. The molecule has 8 nitrogen and oxygen atoms in total. The number of amides is 1. The van der Waals surface area contributed by atoms with E-state index >= 15 is 0 Å². The van der Waals surface area contributed by atoms with E-state index in [1.165, 1.54) is 0 Å². The third-order valence-electron chi connectivity index (χ3n) is 4.38. The number of aromatic nitrogens is 4. The summed E-state index contributed by atoms with van der Waals surface area (Å²) >= 11 is 0. The molecule has 2 aromatic heterocycles. The SMILES string of the molecule is CN(C)c1ccc(C(=O)N2CC(c3nc(-c4cnccn4)no3)C2)cc1. The van der Waals surface area contributed by atoms with Crippen LogP contribution >= 0.6 is 0 Å². The van der Waals surface area contributed by atoms with Crippen LogP contribution in [-0.2, 0) is 0 Å². The lowest BCUT2D eigenvalue weighted by atomic mass is 9.98. The number of carbonyl (C=O) groups excluding carboxylic acids is 1. The van der Waals surface area contributed by atoms with Gasteiger partial charge in [0, 0.05) is 50.8 Å². The Bertz CT molecular complexity index is 901. The maximum absolute atomic E-state index is 12.5. The first-order valence-electron chi connectivity index (χ1n) is 8.28. The van der Waals surface area contributed by atoms with E-state index in [1.54, 1.807) is 23.5 Å². The topological polar surface area (TPSA) is 88.3 Å². The average Bonchev–Trinajstić information content (AvgIpc) is 3.11. The first kappa shape index (κ1) is 16.2. The summed E-state index contributed by atoms with van der Waals surface area (Å²) in [6.07, 6.45) is 4.75. The number of hydrogen-bond donors (Lipinski definition) is 0. The molecule has 0 spiro atoms. The van der Waals surface area contributed by atoms with Crippen LogP contribution in [0.25, 0.3) is 11.5 Å². The van der Waals surface area contributed by atoms with Gasteiger partial charge in [0.15, 0.2) is 0 Å². The first-order valence-corrected chi connectivity index (χ1v) is 8.28. The van der Waals surface area contributed by atoms with Gasteiger partial charge in [0.25, 0.3) is 5.91 Å². The molecule has 1 amide bonds. The van der Waals surface area contributed by atoms with Gasteiger partial charge in [-0.05, 0) is 24.3 Å². The van der Waals surface area contributed by atoms with Crippen LogP contribution in [0, 0.1) is 0 Å². The van der Waals surface area contributed by atoms with Crippen molar-refractivity contribution in [3.05, 3.63) is 54.3 Å². The van der Waals surface area contributed by atoms with E-state index < -0.39 is 0 Å². The largest absolute Gasteiger partial charge is 0.378 e. The molecule has 0 aliphatic carbocycles. The molecule has 3 aromatic rings. The summed E-state index contributed by atoms with van der Waals surface area (Å²) < 4.78 is 5.33. The number of anilines is 1. The quantitative estimate of drug-likeness (QED) is 0.709. The van der Waals surface area contributed by atoms with Crippen LogP contribution in [0.2, 0.25) is 0 Å². The second kappa shape index (κ2) is 6.55. The van der Waals surface area contributed by atoms with Crippen molar-refractivity contribution in [2.24, 2.45) is 0 Å². The second-order valence-corrected chi connectivity index (χ2v) is 6.40. The fourth-order valence-corrected chi connectivity index (χ4v) is 2.80. The fraction of sp³-hybridized carbons (Fsp3) is 0.278. The molecule has 1 aliphatic heterocycles. The molecule has 1 saturated heterocycles. The maximum Gasteiger partial charge on any atom is 0.253 e. The van der Waals surface area contributed by atoms with Gasteiger partial charge in [-0.25, -0.2) is 4.98 Å². The fourth-order valence-electron chi connectivity index (χ4n) is 2.80. The van der Waals surface area contributed by atoms with Gasteiger partial charge in [-0.2, -0.15) is 4.98 Å². The van der Waals surface area contributed by atoms with Gasteiger partial charge in [0.05, 0.1) is 12.1 Å². The average molecular weight is 350 g/mol. The Morgan fingerprint density at radius 1 is 1.19 bits per heavy atom. The number of rotatable bonds is 4. The highest BCUT2D eigenvalue weighted by Crippen LogP contribution is 2.28. The van der Waals surface area contributed by atoms with Crippen molar-refractivity contribution in [2.45, 2.75) is 5.92 Å². The lowest BCUT2D eigenvalue weighted by Crippen LogP contribution is -2.48. The molecule has 3 heterocycles. The van der Waals surface area contributed by atoms with E-state index in [0.29, 0.717) is 36.1 Å². The Labute approximate surface area is 150 Å². The highest BCUT2D eigenvalue weighted by molar-refractivity contribution is 5.95. The Balaban J connectivity index is 1.39. The van der Waals surface area contributed by atoms with E-state index in [0.717, 1.165) is 5.69 Å². The second-order valence-electron chi connectivity index (χ2n) is 6.40. The summed E-state index contributed by atoms with van der Waals surface area (Å²) in [7, 11) is 3.94. The molecule has 0 bridgehead atoms. The summed E-state index contributed by atoms with van der Waals surface area (Å²) in [5, 5.41) is 3.95. The first-order chi connectivity index (χ1) is 12.6. The number of benzene rings is 1. The monoisotopic (exact) mass is 350 g/mol. The normalized spacial score (nSPS) is 14.2. The summed E-state index contributed by atoms with van der Waals surface area (Å²) in [6.45, 7) is 1.13. The lowest BCUT2D eigenvalue weighted by molar-refractivity contribution is 0.0569. The van der Waals surface area contributed by atoms with Crippen LogP contribution in [0.15, 0.2) is 47.4 Å². The minimum atomic E-state index is 0.0141. The molecule has 0 radical (unpaired) electrons. The zero-order chi connectivity index (χ0) is 18.1. The van der Waals surface area contributed by atoms with Crippen molar-refractivity contribution in [1.29, 1.82) is 0 Å². The molecule has 26 heavy (non-hydrogen) atoms. The number of likely N-dealkylation sites (tertiary alicyclic amines) is 1. The molecule has 1 aromatic carbocycles. The van der Waals surface area contributed by atoms with Crippen molar-refractivity contribution in [1.82, 2.24) is 25.0 Å². The summed E-state index contributed by atoms with van der Waals surface area (Å²) in [4.78, 5) is 28.8. The zero-order valence-electron chi connectivity index (χ0n) is 14.5. The standard InChI is InChI=1S/C18H18N6O2/c1-23(2)14-5-3-12(4-6-14)18(25)24-10-13(11-24)17-21-16(22-26-17)15-9-19-7-8-20-15/h3-9,13H,10-11H2,1-2H3. The Morgan fingerprint density at radius 2 is 1.96 bits per heavy atom. The molecule has 0 N–H and O–H groups in total. The van der Waals surface area contributed by atoms with Crippen LogP contribution in [0.5, 0.6) is 0 Å². The van der Waals surface area contributed by atoms with E-state index in [9.17, 15) is 4.79 Å². The molecular formula is C18H18N6O2. The van der Waals surface area contributed by atoms with Crippen molar-refractivity contribution in [3.8, 4) is 11.5 Å². The minimum Gasteiger partial charge on any atom is -0.378 e. The third-order valence-corrected chi connectivity index (χ3v) is 4.38. The Hall–Kier alpha value is -3.29. The smallest absolute Gasteiger partial charge is 0.253 e. The van der Waals surface area contributed by atoms with Gasteiger partial charge < -0.3 is 14.3 Å². The Kier molecular flexibility index (Phi) is 4.08. The molecule has 1 aliphatic rings. The van der Waals surface area contributed by atoms with Crippen LogP contribution < -0.4 is 4.90 Å². The predicted octanol–water partition coefficient (Wildman–Crippen LogP) is 1.83. The van der Waals surface area contributed by atoms with Crippen LogP contribution in [0.3, 0.4) is 0 Å². The van der Waals surface area contributed by atoms with E-state index in [1.807, 2.05) is 43.3 Å². The molecule has 0 unspecified atom stereocenters. The Morgan fingerprint density at radius 3 is 2.62 bits per heavy atom. The van der Waals surface area contributed by atoms with Crippen LogP contribution in [-0.4, -0.2) is 58.1 Å². The van der Waals surface area contributed by atoms with E-state index in [4.69, 9.17) is 4.52 Å². The van der Waals surface area contributed by atoms with E-state index in [-0.39, 0.29) is 11.8 Å².